The number of carbonyl (C=O) groups is 2. The van der Waals surface area contributed by atoms with E-state index >= 15 is 0 Å². The van der Waals surface area contributed by atoms with E-state index in [-0.39, 0.29) is 12.1 Å². The van der Waals surface area contributed by atoms with Gasteiger partial charge in [0.2, 0.25) is 0 Å². The van der Waals surface area contributed by atoms with Crippen LogP contribution in [0, 0.1) is 5.41 Å². The van der Waals surface area contributed by atoms with Crippen LogP contribution in [0.5, 0.6) is 0 Å². The van der Waals surface area contributed by atoms with Crippen molar-refractivity contribution in [3.63, 3.8) is 0 Å². The summed E-state index contributed by atoms with van der Waals surface area (Å²) in [5.41, 5.74) is -2.29. The molecule has 0 radical (unpaired) electrons. The highest BCUT2D eigenvalue weighted by Gasteiger charge is 2.31. The largest absolute Gasteiger partial charge is 0.481 e. The Kier molecular flexibility index (Phi) is 4.42. The van der Waals surface area contributed by atoms with Crippen LogP contribution in [0.25, 0.3) is 0 Å². The molecule has 0 aliphatic heterocycles. The maximum atomic E-state index is 12.5. The minimum absolute atomic E-state index is 0.166. The molecule has 0 heterocycles. The molecule has 0 aliphatic rings. The fraction of sp³-hybridized carbons (Fsp3) is 0.385. The number of halogens is 3. The molecule has 0 saturated carbocycles. The number of hydrogen-bond acceptors (Lipinski definition) is 2. The van der Waals surface area contributed by atoms with Crippen molar-refractivity contribution in [2.24, 2.45) is 5.41 Å². The van der Waals surface area contributed by atoms with E-state index in [1.54, 1.807) is 0 Å². The van der Waals surface area contributed by atoms with E-state index in [2.05, 4.69) is 5.32 Å². The molecule has 1 rings (SSSR count). The quantitative estimate of drug-likeness (QED) is 0.895. The second-order valence-corrected chi connectivity index (χ2v) is 4.95. The normalized spacial score (nSPS) is 12.1. The zero-order valence-corrected chi connectivity index (χ0v) is 10.9. The summed E-state index contributed by atoms with van der Waals surface area (Å²) in [7, 11) is 0. The number of benzene rings is 1. The summed E-state index contributed by atoms with van der Waals surface area (Å²) in [5, 5.41) is 11.2. The first-order valence-electron chi connectivity index (χ1n) is 5.73. The lowest BCUT2D eigenvalue weighted by atomic mass is 9.94. The topological polar surface area (TPSA) is 66.4 Å². The van der Waals surface area contributed by atoms with Crippen LogP contribution >= 0.6 is 0 Å². The predicted molar refractivity (Wildman–Crippen MR) is 65.2 cm³/mol. The van der Waals surface area contributed by atoms with Gasteiger partial charge in [0.05, 0.1) is 11.0 Å². The zero-order valence-electron chi connectivity index (χ0n) is 10.9. The maximum Gasteiger partial charge on any atom is 0.416 e. The van der Waals surface area contributed by atoms with Crippen molar-refractivity contribution in [3.8, 4) is 0 Å². The van der Waals surface area contributed by atoms with E-state index in [9.17, 15) is 22.8 Å². The first-order valence-corrected chi connectivity index (χ1v) is 5.73. The minimum atomic E-state index is -4.53. The first kappa shape index (κ1) is 16.0. The number of carboxylic acids is 1. The SMILES string of the molecule is CC(C)(CNC(=O)c1cccc(C(F)(F)F)c1)C(=O)O. The molecule has 1 aromatic rings. The summed E-state index contributed by atoms with van der Waals surface area (Å²) in [6.07, 6.45) is -4.53. The van der Waals surface area contributed by atoms with Crippen molar-refractivity contribution in [3.05, 3.63) is 35.4 Å². The van der Waals surface area contributed by atoms with Crippen LogP contribution in [0.15, 0.2) is 24.3 Å². The molecule has 0 saturated heterocycles. The smallest absolute Gasteiger partial charge is 0.416 e. The summed E-state index contributed by atoms with van der Waals surface area (Å²) >= 11 is 0. The Bertz CT molecular complexity index is 524. The standard InChI is InChI=1S/C13H14F3NO3/c1-12(2,11(19)20)7-17-10(18)8-4-3-5-9(6-8)13(14,15)16/h3-6H,7H2,1-2H3,(H,17,18)(H,19,20). The Hall–Kier alpha value is -2.05. The summed E-state index contributed by atoms with van der Waals surface area (Å²) in [6.45, 7) is 2.63. The van der Waals surface area contributed by atoms with Gasteiger partial charge in [0, 0.05) is 12.1 Å². The lowest BCUT2D eigenvalue weighted by molar-refractivity contribution is -0.146. The third kappa shape index (κ3) is 3.97. The maximum absolute atomic E-state index is 12.5. The van der Waals surface area contributed by atoms with Gasteiger partial charge in [-0.15, -0.1) is 0 Å². The van der Waals surface area contributed by atoms with Gasteiger partial charge in [-0.25, -0.2) is 0 Å². The van der Waals surface area contributed by atoms with Crippen molar-refractivity contribution < 1.29 is 27.9 Å². The number of rotatable bonds is 4. The number of carboxylic acid groups (broad SMARTS) is 1. The van der Waals surface area contributed by atoms with Crippen molar-refractivity contribution in [1.29, 1.82) is 0 Å². The average molecular weight is 289 g/mol. The third-order valence-electron chi connectivity index (χ3n) is 2.72. The monoisotopic (exact) mass is 289 g/mol. The Labute approximate surface area is 113 Å². The van der Waals surface area contributed by atoms with Crippen LogP contribution < -0.4 is 5.32 Å². The van der Waals surface area contributed by atoms with Gasteiger partial charge < -0.3 is 10.4 Å². The van der Waals surface area contributed by atoms with Crippen LogP contribution in [0.4, 0.5) is 13.2 Å². The molecule has 0 aromatic heterocycles. The molecule has 0 aliphatic carbocycles. The first-order chi connectivity index (χ1) is 9.04. The van der Waals surface area contributed by atoms with Gasteiger partial charge in [-0.2, -0.15) is 13.2 Å². The molecule has 7 heteroatoms. The molecular formula is C13H14F3NO3. The molecule has 4 nitrogen and oxygen atoms in total. The highest BCUT2D eigenvalue weighted by molar-refractivity contribution is 5.94. The Morgan fingerprint density at radius 3 is 2.35 bits per heavy atom. The number of aliphatic carboxylic acids is 1. The lowest BCUT2D eigenvalue weighted by Crippen LogP contribution is -2.38. The molecule has 0 spiro atoms. The van der Waals surface area contributed by atoms with Gasteiger partial charge in [-0.3, -0.25) is 9.59 Å². The molecule has 0 bridgehead atoms. The van der Waals surface area contributed by atoms with Gasteiger partial charge in [0.25, 0.3) is 5.91 Å². The lowest BCUT2D eigenvalue weighted by Gasteiger charge is -2.19. The van der Waals surface area contributed by atoms with Gasteiger partial charge >= 0.3 is 12.1 Å². The van der Waals surface area contributed by atoms with Gasteiger partial charge in [0.15, 0.2) is 0 Å². The van der Waals surface area contributed by atoms with E-state index < -0.39 is 29.0 Å². The van der Waals surface area contributed by atoms with Crippen LogP contribution in [0.1, 0.15) is 29.8 Å². The number of amides is 1. The molecular weight excluding hydrogens is 275 g/mol. The van der Waals surface area contributed by atoms with Crippen LogP contribution in [0.2, 0.25) is 0 Å². The Morgan fingerprint density at radius 1 is 1.25 bits per heavy atom. The van der Waals surface area contributed by atoms with Gasteiger partial charge in [-0.1, -0.05) is 6.07 Å². The summed E-state index contributed by atoms with van der Waals surface area (Å²) in [5.74, 6) is -1.85. The van der Waals surface area contributed by atoms with Crippen molar-refractivity contribution >= 4 is 11.9 Å². The van der Waals surface area contributed by atoms with Crippen LogP contribution in [-0.4, -0.2) is 23.5 Å². The Morgan fingerprint density at radius 2 is 1.85 bits per heavy atom. The van der Waals surface area contributed by atoms with Crippen molar-refractivity contribution in [1.82, 2.24) is 5.32 Å². The highest BCUT2D eigenvalue weighted by Crippen LogP contribution is 2.29. The van der Waals surface area contributed by atoms with E-state index in [0.717, 1.165) is 18.2 Å². The third-order valence-corrected chi connectivity index (χ3v) is 2.72. The Balaban J connectivity index is 2.82. The molecule has 0 unspecified atom stereocenters. The van der Waals surface area contributed by atoms with E-state index in [1.807, 2.05) is 0 Å². The van der Waals surface area contributed by atoms with Gasteiger partial charge in [0.1, 0.15) is 0 Å². The molecule has 20 heavy (non-hydrogen) atoms. The van der Waals surface area contributed by atoms with E-state index in [1.165, 1.54) is 19.9 Å². The number of hydrogen-bond donors (Lipinski definition) is 2. The fourth-order valence-corrected chi connectivity index (χ4v) is 1.32. The fourth-order valence-electron chi connectivity index (χ4n) is 1.32. The summed E-state index contributed by atoms with van der Waals surface area (Å²) in [6, 6.07) is 3.94. The molecule has 2 N–H and O–H groups in total. The average Bonchev–Trinajstić information content (AvgIpc) is 2.35. The molecule has 1 amide bonds. The molecule has 0 fully saturated rings. The highest BCUT2D eigenvalue weighted by atomic mass is 19.4. The van der Waals surface area contributed by atoms with Gasteiger partial charge in [-0.05, 0) is 32.0 Å². The van der Waals surface area contributed by atoms with Crippen LogP contribution in [-0.2, 0) is 11.0 Å². The van der Waals surface area contributed by atoms with E-state index in [4.69, 9.17) is 5.11 Å². The van der Waals surface area contributed by atoms with Crippen molar-refractivity contribution in [2.75, 3.05) is 6.54 Å². The molecule has 1 aromatic carbocycles. The molecule has 110 valence electrons. The van der Waals surface area contributed by atoms with Crippen LogP contribution in [0.3, 0.4) is 0 Å². The number of nitrogens with one attached hydrogen (secondary N) is 1. The van der Waals surface area contributed by atoms with E-state index in [0.29, 0.717) is 0 Å². The zero-order chi connectivity index (χ0) is 15.6. The van der Waals surface area contributed by atoms with Crippen molar-refractivity contribution in [2.45, 2.75) is 20.0 Å². The summed E-state index contributed by atoms with van der Waals surface area (Å²) in [4.78, 5) is 22.6. The minimum Gasteiger partial charge on any atom is -0.481 e. The number of alkyl halides is 3. The molecule has 0 atom stereocenters. The second kappa shape index (κ2) is 5.52. The number of carbonyl (C=O) groups excluding carboxylic acids is 1. The second-order valence-electron chi connectivity index (χ2n) is 4.95. The summed E-state index contributed by atoms with van der Waals surface area (Å²) < 4.78 is 37.5. The predicted octanol–water partition coefficient (Wildman–Crippen LogP) is 2.55.